The third-order valence-corrected chi connectivity index (χ3v) is 4.06. The maximum Gasteiger partial charge on any atom is 0.185 e. The van der Waals surface area contributed by atoms with Crippen LogP contribution in [0.3, 0.4) is 0 Å². The van der Waals surface area contributed by atoms with E-state index in [9.17, 15) is 0 Å². The van der Waals surface area contributed by atoms with E-state index in [1.54, 1.807) is 11.3 Å². The molecule has 1 heterocycles. The van der Waals surface area contributed by atoms with Gasteiger partial charge in [-0.3, -0.25) is 0 Å². The van der Waals surface area contributed by atoms with E-state index < -0.39 is 0 Å². The van der Waals surface area contributed by atoms with Crippen molar-refractivity contribution in [3.8, 4) is 0 Å². The Kier molecular flexibility index (Phi) is 5.42. The van der Waals surface area contributed by atoms with Crippen LogP contribution in [0.5, 0.6) is 0 Å². The van der Waals surface area contributed by atoms with Gasteiger partial charge in [0.1, 0.15) is 0 Å². The summed E-state index contributed by atoms with van der Waals surface area (Å²) in [6.45, 7) is 3.08. The lowest BCUT2D eigenvalue weighted by molar-refractivity contribution is 0.751. The molecule has 1 atom stereocenters. The van der Waals surface area contributed by atoms with E-state index in [2.05, 4.69) is 40.8 Å². The van der Waals surface area contributed by atoms with E-state index in [4.69, 9.17) is 0 Å². The number of thiazole rings is 1. The van der Waals surface area contributed by atoms with Crippen LogP contribution in [0.1, 0.15) is 12.6 Å². The molecular formula is C10H19N3S2. The first-order valence-corrected chi connectivity index (χ1v) is 7.27. The van der Waals surface area contributed by atoms with Crippen LogP contribution in [0.2, 0.25) is 0 Å². The summed E-state index contributed by atoms with van der Waals surface area (Å²) in [6.07, 6.45) is 2.14. The van der Waals surface area contributed by atoms with Crippen LogP contribution in [0.25, 0.3) is 0 Å². The Bertz CT molecular complexity index is 288. The van der Waals surface area contributed by atoms with Gasteiger partial charge in [-0.1, -0.05) is 0 Å². The van der Waals surface area contributed by atoms with Crippen molar-refractivity contribution in [1.82, 2.24) is 10.3 Å². The van der Waals surface area contributed by atoms with Gasteiger partial charge in [0.25, 0.3) is 0 Å². The van der Waals surface area contributed by atoms with E-state index in [0.717, 1.165) is 23.1 Å². The molecule has 0 radical (unpaired) electrons. The minimum absolute atomic E-state index is 0.536. The van der Waals surface area contributed by atoms with Crippen molar-refractivity contribution in [3.63, 3.8) is 0 Å². The molecule has 0 amide bonds. The predicted octanol–water partition coefficient (Wildman–Crippen LogP) is 2.05. The van der Waals surface area contributed by atoms with Gasteiger partial charge >= 0.3 is 0 Å². The summed E-state index contributed by atoms with van der Waals surface area (Å²) >= 11 is 3.59. The molecule has 0 aromatic carbocycles. The average Bonchev–Trinajstić information content (AvgIpc) is 2.66. The van der Waals surface area contributed by atoms with E-state index in [0.29, 0.717) is 6.04 Å². The molecule has 0 saturated heterocycles. The van der Waals surface area contributed by atoms with Gasteiger partial charge in [0.2, 0.25) is 0 Å². The van der Waals surface area contributed by atoms with Crippen LogP contribution < -0.4 is 10.2 Å². The lowest BCUT2D eigenvalue weighted by Crippen LogP contribution is -2.30. The topological polar surface area (TPSA) is 28.2 Å². The molecule has 15 heavy (non-hydrogen) atoms. The lowest BCUT2D eigenvalue weighted by Gasteiger charge is -2.23. The molecule has 3 nitrogen and oxygen atoms in total. The Morgan fingerprint density at radius 3 is 3.00 bits per heavy atom. The zero-order valence-electron chi connectivity index (χ0n) is 9.78. The molecule has 1 N–H and O–H groups in total. The monoisotopic (exact) mass is 245 g/mol. The van der Waals surface area contributed by atoms with Gasteiger partial charge in [0.05, 0.1) is 5.69 Å². The van der Waals surface area contributed by atoms with Gasteiger partial charge in [0.15, 0.2) is 5.13 Å². The third-order valence-electron chi connectivity index (χ3n) is 2.27. The van der Waals surface area contributed by atoms with Crippen molar-refractivity contribution in [2.24, 2.45) is 0 Å². The molecule has 0 bridgehead atoms. The van der Waals surface area contributed by atoms with Crippen molar-refractivity contribution in [2.75, 3.05) is 31.0 Å². The van der Waals surface area contributed by atoms with E-state index in [1.165, 1.54) is 0 Å². The highest BCUT2D eigenvalue weighted by atomic mass is 32.2. The van der Waals surface area contributed by atoms with E-state index in [-0.39, 0.29) is 0 Å². The highest BCUT2D eigenvalue weighted by molar-refractivity contribution is 7.98. The molecule has 1 aromatic heterocycles. The molecule has 0 saturated carbocycles. The highest BCUT2D eigenvalue weighted by Gasteiger charge is 2.12. The molecule has 0 aliphatic rings. The summed E-state index contributed by atoms with van der Waals surface area (Å²) in [5, 5.41) is 6.34. The standard InChI is InChI=1S/C10H19N3S2/c1-8(6-14-4)13(3)10-12-9(5-11-2)7-15-10/h7-8,11H,5-6H2,1-4H3. The Morgan fingerprint density at radius 1 is 1.67 bits per heavy atom. The second-order valence-electron chi connectivity index (χ2n) is 3.57. The zero-order chi connectivity index (χ0) is 11.3. The summed E-state index contributed by atoms with van der Waals surface area (Å²) in [5.74, 6) is 1.14. The molecule has 1 rings (SSSR count). The second kappa shape index (κ2) is 6.35. The number of nitrogens with one attached hydrogen (secondary N) is 1. The summed E-state index contributed by atoms with van der Waals surface area (Å²) in [7, 11) is 4.06. The maximum absolute atomic E-state index is 4.58. The third kappa shape index (κ3) is 3.66. The first kappa shape index (κ1) is 12.8. The van der Waals surface area contributed by atoms with Crippen LogP contribution in [-0.2, 0) is 6.54 Å². The van der Waals surface area contributed by atoms with E-state index in [1.807, 2.05) is 18.8 Å². The van der Waals surface area contributed by atoms with Gasteiger partial charge in [0, 0.05) is 30.8 Å². The predicted molar refractivity (Wildman–Crippen MR) is 71.1 cm³/mol. The average molecular weight is 245 g/mol. The fourth-order valence-corrected chi connectivity index (χ4v) is 2.86. The first-order valence-electron chi connectivity index (χ1n) is 4.99. The Morgan fingerprint density at radius 2 is 2.40 bits per heavy atom. The number of anilines is 1. The molecule has 0 aliphatic heterocycles. The number of rotatable bonds is 6. The molecule has 5 heteroatoms. The minimum Gasteiger partial charge on any atom is -0.348 e. The molecule has 0 aliphatic carbocycles. The van der Waals surface area contributed by atoms with Crippen LogP contribution in [-0.4, -0.2) is 37.1 Å². The molecular weight excluding hydrogens is 226 g/mol. The molecule has 86 valence electrons. The Labute approximate surface area is 100 Å². The molecule has 1 unspecified atom stereocenters. The molecule has 1 aromatic rings. The summed E-state index contributed by atoms with van der Waals surface area (Å²) in [5.41, 5.74) is 1.13. The zero-order valence-corrected chi connectivity index (χ0v) is 11.4. The lowest BCUT2D eigenvalue weighted by atomic mass is 10.4. The van der Waals surface area contributed by atoms with Crippen molar-refractivity contribution in [1.29, 1.82) is 0 Å². The smallest absolute Gasteiger partial charge is 0.185 e. The van der Waals surface area contributed by atoms with Crippen molar-refractivity contribution in [2.45, 2.75) is 19.5 Å². The van der Waals surface area contributed by atoms with Gasteiger partial charge in [-0.25, -0.2) is 4.98 Å². The van der Waals surface area contributed by atoms with Gasteiger partial charge in [-0.05, 0) is 20.2 Å². The number of hydrogen-bond donors (Lipinski definition) is 1. The van der Waals surface area contributed by atoms with Crippen LogP contribution >= 0.6 is 23.1 Å². The van der Waals surface area contributed by atoms with Crippen molar-refractivity contribution < 1.29 is 0 Å². The summed E-state index contributed by atoms with van der Waals surface area (Å²) in [6, 6.07) is 0.536. The fraction of sp³-hybridized carbons (Fsp3) is 0.700. The van der Waals surface area contributed by atoms with Gasteiger partial charge in [-0.2, -0.15) is 11.8 Å². The number of hydrogen-bond acceptors (Lipinski definition) is 5. The minimum atomic E-state index is 0.536. The number of aromatic nitrogens is 1. The van der Waals surface area contributed by atoms with Crippen LogP contribution in [0, 0.1) is 0 Å². The normalized spacial score (nSPS) is 12.8. The first-order chi connectivity index (χ1) is 7.19. The summed E-state index contributed by atoms with van der Waals surface area (Å²) in [4.78, 5) is 6.83. The SMILES string of the molecule is CNCc1csc(N(C)C(C)CSC)n1. The Hall–Kier alpha value is -0.260. The maximum atomic E-state index is 4.58. The van der Waals surface area contributed by atoms with Gasteiger partial charge < -0.3 is 10.2 Å². The quantitative estimate of drug-likeness (QED) is 0.830. The highest BCUT2D eigenvalue weighted by Crippen LogP contribution is 2.21. The van der Waals surface area contributed by atoms with Gasteiger partial charge in [-0.15, -0.1) is 11.3 Å². The number of nitrogens with zero attached hydrogens (tertiary/aromatic N) is 2. The fourth-order valence-electron chi connectivity index (χ4n) is 1.26. The van der Waals surface area contributed by atoms with Crippen LogP contribution in [0.4, 0.5) is 5.13 Å². The van der Waals surface area contributed by atoms with Crippen LogP contribution in [0.15, 0.2) is 5.38 Å². The van der Waals surface area contributed by atoms with E-state index >= 15 is 0 Å². The summed E-state index contributed by atoms with van der Waals surface area (Å²) < 4.78 is 0. The molecule has 0 spiro atoms. The second-order valence-corrected chi connectivity index (χ2v) is 5.31. The number of thioether (sulfide) groups is 1. The van der Waals surface area contributed by atoms with Crippen molar-refractivity contribution in [3.05, 3.63) is 11.1 Å². The molecule has 0 fully saturated rings. The largest absolute Gasteiger partial charge is 0.348 e. The Balaban J connectivity index is 2.60. The van der Waals surface area contributed by atoms with Crippen molar-refractivity contribution >= 4 is 28.2 Å².